The molecule has 0 radical (unpaired) electrons. The summed E-state index contributed by atoms with van der Waals surface area (Å²) in [6.45, 7) is 6.42. The molecule has 2 N–H and O–H groups in total. The first-order valence-corrected chi connectivity index (χ1v) is 20.6. The minimum Gasteiger partial charge on any atom is -0.508 e. The number of amides is 1. The van der Waals surface area contributed by atoms with Crippen molar-refractivity contribution in [1.82, 2.24) is 24.8 Å². The van der Waals surface area contributed by atoms with E-state index in [9.17, 15) is 15.0 Å². The number of anilines is 1. The molecule has 306 valence electrons. The van der Waals surface area contributed by atoms with Crippen LogP contribution < -0.4 is 14.4 Å². The van der Waals surface area contributed by atoms with E-state index in [1.165, 1.54) is 31.4 Å². The molecule has 0 spiro atoms. The van der Waals surface area contributed by atoms with Crippen LogP contribution >= 0.6 is 0 Å². The third-order valence-electron chi connectivity index (χ3n) is 13.0. The number of terminal acetylenes is 1. The number of likely N-dealkylation sites (tertiary alicyclic amines) is 2. The maximum absolute atomic E-state index is 17.4. The summed E-state index contributed by atoms with van der Waals surface area (Å²) in [7, 11) is 1.40. The number of rotatable bonds is 9. The SMILES string of the molecule is C#Cc1c(F)ccc2cc(O)cc(-c3nc(OC)c4c(N5CCOC[C@@](C)(O)C5)nc(OC[C@]56CCC[C@H]5N(C[C@@H]5CCN(C(=O)C7CC7)C5)CCC6)nc4c3F)c12. The van der Waals surface area contributed by atoms with Crippen LogP contribution in [0.25, 0.3) is 32.9 Å². The van der Waals surface area contributed by atoms with E-state index in [1.807, 2.05) is 0 Å². The second-order valence-corrected chi connectivity index (χ2v) is 17.3. The van der Waals surface area contributed by atoms with Gasteiger partial charge >= 0.3 is 6.01 Å². The molecule has 2 saturated carbocycles. The van der Waals surface area contributed by atoms with Crippen LogP contribution in [-0.4, -0.2) is 119 Å². The number of pyridine rings is 1. The van der Waals surface area contributed by atoms with Crippen LogP contribution in [0.15, 0.2) is 24.3 Å². The number of nitrogens with zero attached hydrogens (tertiary/aromatic N) is 6. The fraction of sp³-hybridized carbons (Fsp3) is 0.545. The largest absolute Gasteiger partial charge is 0.508 e. The maximum Gasteiger partial charge on any atom is 0.319 e. The molecule has 3 saturated heterocycles. The molecule has 5 fully saturated rings. The van der Waals surface area contributed by atoms with Crippen molar-refractivity contribution in [3.05, 3.63) is 41.5 Å². The molecular formula is C44H50F2N6O6. The van der Waals surface area contributed by atoms with Gasteiger partial charge in [-0.05, 0) is 87.9 Å². The van der Waals surface area contributed by atoms with Gasteiger partial charge < -0.3 is 34.2 Å². The molecule has 3 aliphatic heterocycles. The summed E-state index contributed by atoms with van der Waals surface area (Å²) in [4.78, 5) is 33.5. The van der Waals surface area contributed by atoms with E-state index in [1.54, 1.807) is 11.8 Å². The molecule has 2 aromatic heterocycles. The smallest absolute Gasteiger partial charge is 0.319 e. The van der Waals surface area contributed by atoms with Gasteiger partial charge in [-0.25, -0.2) is 13.8 Å². The second kappa shape index (κ2) is 15.1. The summed E-state index contributed by atoms with van der Waals surface area (Å²) in [5.74, 6) is 1.90. The zero-order valence-corrected chi connectivity index (χ0v) is 33.1. The molecule has 0 bridgehead atoms. The summed E-state index contributed by atoms with van der Waals surface area (Å²) in [6, 6.07) is 5.65. The minimum atomic E-state index is -1.26. The van der Waals surface area contributed by atoms with Gasteiger partial charge in [-0.1, -0.05) is 18.4 Å². The second-order valence-electron chi connectivity index (χ2n) is 17.3. The first-order chi connectivity index (χ1) is 28.0. The van der Waals surface area contributed by atoms with Crippen molar-refractivity contribution in [3.63, 3.8) is 0 Å². The van der Waals surface area contributed by atoms with Crippen LogP contribution in [0.2, 0.25) is 0 Å². The number of ether oxygens (including phenoxy) is 3. The third-order valence-corrected chi connectivity index (χ3v) is 13.0. The molecule has 2 aliphatic carbocycles. The number of methoxy groups -OCH3 is 1. The Morgan fingerprint density at radius 1 is 1.07 bits per heavy atom. The van der Waals surface area contributed by atoms with Gasteiger partial charge in [0.15, 0.2) is 5.82 Å². The number of aromatic hydroxyl groups is 1. The van der Waals surface area contributed by atoms with Gasteiger partial charge in [-0.15, -0.1) is 6.42 Å². The molecule has 5 heterocycles. The van der Waals surface area contributed by atoms with E-state index < -0.39 is 17.2 Å². The van der Waals surface area contributed by atoms with Gasteiger partial charge in [0.05, 0.1) is 39.0 Å². The molecule has 14 heteroatoms. The minimum absolute atomic E-state index is 0.0189. The lowest BCUT2D eigenvalue weighted by Gasteiger charge is -2.47. The van der Waals surface area contributed by atoms with Gasteiger partial charge in [-0.3, -0.25) is 9.69 Å². The van der Waals surface area contributed by atoms with Crippen molar-refractivity contribution in [3.8, 4) is 41.2 Å². The van der Waals surface area contributed by atoms with Crippen LogP contribution in [0.1, 0.15) is 63.9 Å². The summed E-state index contributed by atoms with van der Waals surface area (Å²) >= 11 is 0. The van der Waals surface area contributed by atoms with Crippen LogP contribution in [0.3, 0.4) is 0 Å². The predicted molar refractivity (Wildman–Crippen MR) is 214 cm³/mol. The molecule has 58 heavy (non-hydrogen) atoms. The predicted octanol–water partition coefficient (Wildman–Crippen LogP) is 5.68. The number of fused-ring (bicyclic) bond motifs is 3. The number of phenolic OH excluding ortho intramolecular Hbond substituents is 1. The number of piperidine rings is 1. The number of aliphatic hydroxyl groups is 1. The van der Waals surface area contributed by atoms with Crippen molar-refractivity contribution >= 4 is 33.4 Å². The average Bonchev–Trinajstić information content (AvgIpc) is 3.85. The molecule has 5 aliphatic rings. The zero-order chi connectivity index (χ0) is 40.3. The fourth-order valence-corrected chi connectivity index (χ4v) is 10.2. The van der Waals surface area contributed by atoms with Gasteiger partial charge in [0, 0.05) is 54.5 Å². The molecule has 12 nitrogen and oxygen atoms in total. The number of hydrogen-bond donors (Lipinski definition) is 2. The quantitative estimate of drug-likeness (QED) is 0.203. The lowest BCUT2D eigenvalue weighted by Crippen LogP contribution is -2.53. The maximum atomic E-state index is 17.4. The topological polar surface area (TPSA) is 134 Å². The standard InChI is InChI=1S/C44H50F2N6O6/c1-4-30-32(45)11-10-28-19-29(53)20-31(34(28)30)37-36(46)38-35(40(47-37)56-3)39(52-17-18-57-24-43(2,55)23-52)49-42(48-38)58-25-44-13-5-7-33(44)50(15-6-14-44)21-26-12-16-51(22-26)41(54)27-8-9-27/h1,10-11,19-20,26-27,33,53,55H,5-9,12-18,21-25H2,2-3H3/t26-,33+,43-,44+/m0/s1. The van der Waals surface area contributed by atoms with Crippen LogP contribution in [0, 0.1) is 41.2 Å². The molecule has 0 unspecified atom stereocenters. The Hall–Kier alpha value is -4.84. The number of carbonyl (C=O) groups excluding carboxylic acids is 1. The van der Waals surface area contributed by atoms with Crippen molar-refractivity contribution in [2.45, 2.75) is 69.9 Å². The van der Waals surface area contributed by atoms with E-state index in [0.717, 1.165) is 77.5 Å². The van der Waals surface area contributed by atoms with Gasteiger partial charge in [0.2, 0.25) is 11.8 Å². The average molecular weight is 797 g/mol. The summed E-state index contributed by atoms with van der Waals surface area (Å²) in [5.41, 5.74) is -1.86. The summed E-state index contributed by atoms with van der Waals surface area (Å²) < 4.78 is 50.7. The number of β-amino-alcohol motifs (C(OH)–C–C–N with tert-alkyl or cyclic N) is 1. The highest BCUT2D eigenvalue weighted by Gasteiger charge is 2.49. The summed E-state index contributed by atoms with van der Waals surface area (Å²) in [5, 5.41) is 22.7. The number of phenols is 1. The Kier molecular flexibility index (Phi) is 10.1. The molecule has 4 atom stereocenters. The number of halogens is 2. The van der Waals surface area contributed by atoms with Crippen molar-refractivity contribution < 1.29 is 38.0 Å². The number of benzene rings is 2. The lowest BCUT2D eigenvalue weighted by molar-refractivity contribution is -0.131. The molecule has 1 amide bonds. The number of aromatic nitrogens is 3. The lowest BCUT2D eigenvalue weighted by atomic mass is 9.75. The normalized spacial score (nSPS) is 26.5. The Labute approximate surface area is 336 Å². The van der Waals surface area contributed by atoms with Crippen LogP contribution in [-0.2, 0) is 9.53 Å². The summed E-state index contributed by atoms with van der Waals surface area (Å²) in [6.07, 6.45) is 13.9. The molecular weight excluding hydrogens is 747 g/mol. The highest BCUT2D eigenvalue weighted by atomic mass is 19.1. The molecule has 4 aromatic rings. The Morgan fingerprint density at radius 3 is 2.69 bits per heavy atom. The fourth-order valence-electron chi connectivity index (χ4n) is 10.2. The monoisotopic (exact) mass is 796 g/mol. The van der Waals surface area contributed by atoms with Crippen LogP contribution in [0.4, 0.5) is 14.6 Å². The highest BCUT2D eigenvalue weighted by molar-refractivity contribution is 6.04. The molecule has 9 rings (SSSR count). The van der Waals surface area contributed by atoms with Crippen molar-refractivity contribution in [2.75, 3.05) is 71.1 Å². The molecule has 2 aromatic carbocycles. The third kappa shape index (κ3) is 7.05. The van der Waals surface area contributed by atoms with E-state index in [-0.39, 0.29) is 87.7 Å². The van der Waals surface area contributed by atoms with Crippen LogP contribution in [0.5, 0.6) is 17.6 Å². The first kappa shape index (κ1) is 38.7. The van der Waals surface area contributed by atoms with E-state index in [4.69, 9.17) is 30.6 Å². The first-order valence-electron chi connectivity index (χ1n) is 20.6. The Morgan fingerprint density at radius 2 is 1.90 bits per heavy atom. The van der Waals surface area contributed by atoms with Gasteiger partial charge in [-0.2, -0.15) is 9.97 Å². The highest BCUT2D eigenvalue weighted by Crippen LogP contribution is 2.49. The number of hydrogen-bond acceptors (Lipinski definition) is 11. The zero-order valence-electron chi connectivity index (χ0n) is 33.1. The van der Waals surface area contributed by atoms with Crippen molar-refractivity contribution in [2.24, 2.45) is 17.3 Å². The van der Waals surface area contributed by atoms with Gasteiger partial charge in [0.1, 0.15) is 39.6 Å². The van der Waals surface area contributed by atoms with Crippen molar-refractivity contribution in [1.29, 1.82) is 0 Å². The van der Waals surface area contributed by atoms with E-state index >= 15 is 8.78 Å². The van der Waals surface area contributed by atoms with Gasteiger partial charge in [0.25, 0.3) is 0 Å². The number of carbonyl (C=O) groups is 1. The van der Waals surface area contributed by atoms with E-state index in [2.05, 4.69) is 20.7 Å². The Bertz CT molecular complexity index is 2310. The van der Waals surface area contributed by atoms with E-state index in [0.29, 0.717) is 36.4 Å². The Balaban J connectivity index is 1.10.